The predicted molar refractivity (Wildman–Crippen MR) is 48.4 cm³/mol. The molecule has 0 aliphatic heterocycles. The van der Waals surface area contributed by atoms with Crippen molar-refractivity contribution in [2.75, 3.05) is 0 Å². The fourth-order valence-corrected chi connectivity index (χ4v) is 1.46. The van der Waals surface area contributed by atoms with Crippen LogP contribution in [-0.2, 0) is 0 Å². The largest absolute Gasteiger partial charge is 0.330 e. The zero-order chi connectivity index (χ0) is 8.72. The highest BCUT2D eigenvalue weighted by molar-refractivity contribution is 6.30. The molecule has 4 heteroatoms. The van der Waals surface area contributed by atoms with Crippen molar-refractivity contribution in [2.24, 2.45) is 0 Å². The third-order valence-corrected chi connectivity index (χ3v) is 1.96. The van der Waals surface area contributed by atoms with E-state index in [2.05, 4.69) is 15.0 Å². The fraction of sp³-hybridized carbons (Fsp3) is 0.250. The number of aryl methyl sites for hydroxylation is 2. The van der Waals surface area contributed by atoms with Gasteiger partial charge in [-0.2, -0.15) is 0 Å². The molecule has 62 valence electrons. The Morgan fingerprint density at radius 1 is 1.33 bits per heavy atom. The first-order valence-electron chi connectivity index (χ1n) is 3.66. The summed E-state index contributed by atoms with van der Waals surface area (Å²) in [4.78, 5) is 11.4. The molecule has 2 aromatic heterocycles. The minimum Gasteiger partial charge on any atom is -0.330 e. The number of hydrogen-bond donors (Lipinski definition) is 1. The number of aromatic nitrogens is 3. The van der Waals surface area contributed by atoms with E-state index in [0.29, 0.717) is 5.15 Å². The molecule has 2 rings (SSSR count). The Bertz CT molecular complexity index is 433. The lowest BCUT2D eigenvalue weighted by Crippen LogP contribution is -1.90. The molecule has 12 heavy (non-hydrogen) atoms. The van der Waals surface area contributed by atoms with Crippen molar-refractivity contribution >= 4 is 22.6 Å². The van der Waals surface area contributed by atoms with Crippen LogP contribution in [0.5, 0.6) is 0 Å². The van der Waals surface area contributed by atoms with E-state index in [1.165, 1.54) is 0 Å². The third-order valence-electron chi connectivity index (χ3n) is 1.76. The molecule has 0 aromatic carbocycles. The molecule has 0 aliphatic rings. The highest BCUT2D eigenvalue weighted by Gasteiger charge is 2.04. The minimum atomic E-state index is 0.605. The van der Waals surface area contributed by atoms with Crippen LogP contribution >= 0.6 is 11.6 Å². The van der Waals surface area contributed by atoms with Gasteiger partial charge in [0, 0.05) is 5.39 Å². The van der Waals surface area contributed by atoms with Gasteiger partial charge in [0.05, 0.1) is 5.69 Å². The second kappa shape index (κ2) is 2.45. The van der Waals surface area contributed by atoms with Gasteiger partial charge < -0.3 is 4.98 Å². The molecule has 2 aromatic rings. The first-order chi connectivity index (χ1) is 5.66. The van der Waals surface area contributed by atoms with E-state index in [0.717, 1.165) is 22.6 Å². The molecule has 0 bridgehead atoms. The van der Waals surface area contributed by atoms with Gasteiger partial charge in [-0.05, 0) is 19.9 Å². The molecular formula is C8H8ClN3. The zero-order valence-electron chi connectivity index (χ0n) is 6.85. The van der Waals surface area contributed by atoms with Crippen LogP contribution in [0.4, 0.5) is 0 Å². The fourth-order valence-electron chi connectivity index (χ4n) is 1.27. The van der Waals surface area contributed by atoms with Gasteiger partial charge in [-0.15, -0.1) is 0 Å². The molecule has 0 saturated carbocycles. The SMILES string of the molecule is Cc1nc(C)c2cc(Cl)[nH]c2n1. The summed E-state index contributed by atoms with van der Waals surface area (Å²) >= 11 is 5.78. The van der Waals surface area contributed by atoms with Crippen LogP contribution in [0.25, 0.3) is 11.0 Å². The maximum absolute atomic E-state index is 5.78. The number of nitrogens with zero attached hydrogens (tertiary/aromatic N) is 2. The van der Waals surface area contributed by atoms with Crippen molar-refractivity contribution in [1.82, 2.24) is 15.0 Å². The Morgan fingerprint density at radius 2 is 2.08 bits per heavy atom. The predicted octanol–water partition coefficient (Wildman–Crippen LogP) is 2.23. The van der Waals surface area contributed by atoms with E-state index in [1.54, 1.807) is 0 Å². The second-order valence-electron chi connectivity index (χ2n) is 2.74. The lowest BCUT2D eigenvalue weighted by molar-refractivity contribution is 1.04. The van der Waals surface area contributed by atoms with Gasteiger partial charge in [-0.25, -0.2) is 9.97 Å². The molecular weight excluding hydrogens is 174 g/mol. The second-order valence-corrected chi connectivity index (χ2v) is 3.14. The molecule has 0 saturated heterocycles. The highest BCUT2D eigenvalue weighted by Crippen LogP contribution is 2.18. The monoisotopic (exact) mass is 181 g/mol. The van der Waals surface area contributed by atoms with Crippen LogP contribution in [0.15, 0.2) is 6.07 Å². The molecule has 0 amide bonds. The number of halogens is 1. The van der Waals surface area contributed by atoms with Crippen LogP contribution < -0.4 is 0 Å². The van der Waals surface area contributed by atoms with Crippen LogP contribution in [0.3, 0.4) is 0 Å². The maximum atomic E-state index is 5.78. The molecule has 0 atom stereocenters. The highest BCUT2D eigenvalue weighted by atomic mass is 35.5. The molecule has 3 nitrogen and oxygen atoms in total. The summed E-state index contributed by atoms with van der Waals surface area (Å²) in [5.74, 6) is 0.763. The Balaban J connectivity index is 2.88. The molecule has 0 aliphatic carbocycles. The van der Waals surface area contributed by atoms with E-state index >= 15 is 0 Å². The molecule has 0 unspecified atom stereocenters. The lowest BCUT2D eigenvalue weighted by Gasteiger charge is -1.95. The summed E-state index contributed by atoms with van der Waals surface area (Å²) in [7, 11) is 0. The van der Waals surface area contributed by atoms with E-state index < -0.39 is 0 Å². The summed E-state index contributed by atoms with van der Waals surface area (Å²) in [6, 6.07) is 1.84. The van der Waals surface area contributed by atoms with Gasteiger partial charge in [-0.3, -0.25) is 0 Å². The van der Waals surface area contributed by atoms with Gasteiger partial charge in [0.1, 0.15) is 16.6 Å². The number of H-pyrrole nitrogens is 1. The number of nitrogens with one attached hydrogen (secondary N) is 1. The molecule has 2 heterocycles. The van der Waals surface area contributed by atoms with E-state index in [1.807, 2.05) is 19.9 Å². The van der Waals surface area contributed by atoms with Crippen molar-refractivity contribution in [3.63, 3.8) is 0 Å². The smallest absolute Gasteiger partial charge is 0.142 e. The first-order valence-corrected chi connectivity index (χ1v) is 4.04. The average molecular weight is 182 g/mol. The van der Waals surface area contributed by atoms with Crippen molar-refractivity contribution in [2.45, 2.75) is 13.8 Å². The van der Waals surface area contributed by atoms with Crippen LogP contribution in [-0.4, -0.2) is 15.0 Å². The normalized spacial score (nSPS) is 10.9. The van der Waals surface area contributed by atoms with Crippen LogP contribution in [0, 0.1) is 13.8 Å². The summed E-state index contributed by atoms with van der Waals surface area (Å²) in [6.45, 7) is 3.81. The quantitative estimate of drug-likeness (QED) is 0.677. The molecule has 1 N–H and O–H groups in total. The molecule has 0 fully saturated rings. The lowest BCUT2D eigenvalue weighted by atomic mass is 10.3. The van der Waals surface area contributed by atoms with Gasteiger partial charge in [-0.1, -0.05) is 11.6 Å². The Hall–Kier alpha value is -1.09. The van der Waals surface area contributed by atoms with Gasteiger partial charge in [0.2, 0.25) is 0 Å². The standard InChI is InChI=1S/C8H8ClN3/c1-4-6-3-7(9)12-8(6)11-5(2)10-4/h3H,1-2H3,(H,10,11,12). The maximum Gasteiger partial charge on any atom is 0.142 e. The summed E-state index contributed by atoms with van der Waals surface area (Å²) in [6.07, 6.45) is 0. The Morgan fingerprint density at radius 3 is 2.83 bits per heavy atom. The van der Waals surface area contributed by atoms with Crippen molar-refractivity contribution in [3.8, 4) is 0 Å². The number of aromatic amines is 1. The third kappa shape index (κ3) is 1.06. The summed E-state index contributed by atoms with van der Waals surface area (Å²) < 4.78 is 0. The van der Waals surface area contributed by atoms with Crippen molar-refractivity contribution in [3.05, 3.63) is 22.7 Å². The topological polar surface area (TPSA) is 41.6 Å². The first kappa shape index (κ1) is 7.55. The zero-order valence-corrected chi connectivity index (χ0v) is 7.61. The van der Waals surface area contributed by atoms with Gasteiger partial charge in [0.25, 0.3) is 0 Å². The Kier molecular flexibility index (Phi) is 1.54. The minimum absolute atomic E-state index is 0.605. The van der Waals surface area contributed by atoms with Gasteiger partial charge >= 0.3 is 0 Å². The molecule has 0 spiro atoms. The Labute approximate surface area is 74.8 Å². The van der Waals surface area contributed by atoms with Crippen LogP contribution in [0.2, 0.25) is 5.15 Å². The summed E-state index contributed by atoms with van der Waals surface area (Å²) in [5.41, 5.74) is 1.77. The van der Waals surface area contributed by atoms with Crippen molar-refractivity contribution < 1.29 is 0 Å². The number of hydrogen-bond acceptors (Lipinski definition) is 2. The summed E-state index contributed by atoms with van der Waals surface area (Å²) in [5, 5.41) is 1.60. The average Bonchev–Trinajstić information content (AvgIpc) is 2.29. The van der Waals surface area contributed by atoms with E-state index in [9.17, 15) is 0 Å². The van der Waals surface area contributed by atoms with E-state index in [4.69, 9.17) is 11.6 Å². The van der Waals surface area contributed by atoms with Crippen LogP contribution in [0.1, 0.15) is 11.5 Å². The number of rotatable bonds is 0. The molecule has 0 radical (unpaired) electrons. The van der Waals surface area contributed by atoms with Gasteiger partial charge in [0.15, 0.2) is 0 Å². The van der Waals surface area contributed by atoms with E-state index in [-0.39, 0.29) is 0 Å². The number of fused-ring (bicyclic) bond motifs is 1. The van der Waals surface area contributed by atoms with Crippen molar-refractivity contribution in [1.29, 1.82) is 0 Å².